The Kier molecular flexibility index (Phi) is 3.71. The van der Waals surface area contributed by atoms with E-state index in [0.717, 1.165) is 16.7 Å². The maximum Gasteiger partial charge on any atom is 0.206 e. The maximum absolute atomic E-state index is 12.5. The van der Waals surface area contributed by atoms with Gasteiger partial charge in [-0.15, -0.1) is 12.6 Å². The normalized spacial score (nSPS) is 10.9. The first-order valence-corrected chi connectivity index (χ1v) is 8.09. The van der Waals surface area contributed by atoms with Crippen LogP contribution in [0.4, 0.5) is 0 Å². The molecule has 0 radical (unpaired) electrons. The molecule has 0 saturated heterocycles. The van der Waals surface area contributed by atoms with Gasteiger partial charge in [0.05, 0.1) is 10.3 Å². The number of fused-ring (bicyclic) bond motifs is 1. The van der Waals surface area contributed by atoms with E-state index in [1.807, 2.05) is 54.6 Å². The molecule has 0 bridgehead atoms. The fraction of sp³-hybridized carbons (Fsp3) is 0. The average molecular weight is 330 g/mol. The zero-order valence-corrected chi connectivity index (χ0v) is 13.7. The molecule has 3 aromatic carbocycles. The van der Waals surface area contributed by atoms with E-state index in [0.29, 0.717) is 21.6 Å². The molecule has 4 rings (SSSR count). The molecule has 1 aromatic heterocycles. The minimum atomic E-state index is -0.109. The summed E-state index contributed by atoms with van der Waals surface area (Å²) in [6, 6.07) is 25.3. The number of thiol groups is 1. The van der Waals surface area contributed by atoms with Crippen LogP contribution in [0.2, 0.25) is 0 Å². The lowest BCUT2D eigenvalue weighted by Crippen LogP contribution is -2.04. The summed E-state index contributed by atoms with van der Waals surface area (Å²) in [7, 11) is 0. The molecule has 0 atom stereocenters. The summed E-state index contributed by atoms with van der Waals surface area (Å²) < 4.78 is 5.93. The van der Waals surface area contributed by atoms with Crippen molar-refractivity contribution in [2.45, 2.75) is 4.90 Å². The largest absolute Gasteiger partial charge is 0.455 e. The second-order valence-electron chi connectivity index (χ2n) is 5.55. The van der Waals surface area contributed by atoms with Crippen LogP contribution in [-0.2, 0) is 0 Å². The number of benzene rings is 3. The number of para-hydroxylation sites is 1. The number of rotatable bonds is 2. The van der Waals surface area contributed by atoms with E-state index in [9.17, 15) is 4.79 Å². The van der Waals surface area contributed by atoms with Crippen LogP contribution in [0.25, 0.3) is 33.4 Å². The van der Waals surface area contributed by atoms with Gasteiger partial charge in [0.2, 0.25) is 5.43 Å². The molecular weight excluding hydrogens is 316 g/mol. The molecule has 0 aliphatic carbocycles. The van der Waals surface area contributed by atoms with E-state index < -0.39 is 0 Å². The monoisotopic (exact) mass is 330 g/mol. The molecule has 0 aliphatic rings. The fourth-order valence-electron chi connectivity index (χ4n) is 2.77. The molecule has 0 fully saturated rings. The molecule has 3 heteroatoms. The summed E-state index contributed by atoms with van der Waals surface area (Å²) >= 11 is 4.39. The molecule has 4 aromatic rings. The molecule has 1 heterocycles. The zero-order valence-electron chi connectivity index (χ0n) is 12.8. The van der Waals surface area contributed by atoms with Crippen LogP contribution in [0.15, 0.2) is 93.0 Å². The topological polar surface area (TPSA) is 30.2 Å². The van der Waals surface area contributed by atoms with Gasteiger partial charge in [0.1, 0.15) is 5.58 Å². The summed E-state index contributed by atoms with van der Waals surface area (Å²) in [5.41, 5.74) is 3.56. The molecule has 0 unspecified atom stereocenters. The molecule has 0 saturated carbocycles. The van der Waals surface area contributed by atoms with Gasteiger partial charge in [0.15, 0.2) is 5.76 Å². The second-order valence-corrected chi connectivity index (χ2v) is 6.00. The molecule has 0 amide bonds. The Balaban J connectivity index is 1.83. The van der Waals surface area contributed by atoms with Gasteiger partial charge in [0, 0.05) is 5.56 Å². The van der Waals surface area contributed by atoms with Crippen LogP contribution < -0.4 is 5.43 Å². The van der Waals surface area contributed by atoms with Crippen LogP contribution in [0, 0.1) is 0 Å². The Labute approximate surface area is 144 Å². The Bertz CT molecular complexity index is 1060. The third-order valence-corrected chi connectivity index (χ3v) is 4.43. The van der Waals surface area contributed by atoms with Crippen molar-refractivity contribution in [3.63, 3.8) is 0 Å². The average Bonchev–Trinajstić information content (AvgIpc) is 2.66. The van der Waals surface area contributed by atoms with Gasteiger partial charge in [-0.2, -0.15) is 0 Å². The van der Waals surface area contributed by atoms with Crippen LogP contribution in [0.3, 0.4) is 0 Å². The van der Waals surface area contributed by atoms with Gasteiger partial charge >= 0.3 is 0 Å². The van der Waals surface area contributed by atoms with Crippen molar-refractivity contribution in [1.82, 2.24) is 0 Å². The SMILES string of the molecule is O=c1c(S)c(-c2ccc(-c3ccccc3)cc2)oc2ccccc12. The highest BCUT2D eigenvalue weighted by Gasteiger charge is 2.13. The summed E-state index contributed by atoms with van der Waals surface area (Å²) in [6.45, 7) is 0. The van der Waals surface area contributed by atoms with Gasteiger partial charge in [0.25, 0.3) is 0 Å². The Morgan fingerprint density at radius 1 is 0.667 bits per heavy atom. The summed E-state index contributed by atoms with van der Waals surface area (Å²) in [4.78, 5) is 12.8. The predicted octanol–water partition coefficient (Wildman–Crippen LogP) is 5.42. The van der Waals surface area contributed by atoms with Crippen molar-refractivity contribution in [1.29, 1.82) is 0 Å². The van der Waals surface area contributed by atoms with Gasteiger partial charge < -0.3 is 4.42 Å². The van der Waals surface area contributed by atoms with E-state index in [-0.39, 0.29) is 5.43 Å². The fourth-order valence-corrected chi connectivity index (χ4v) is 3.07. The second kappa shape index (κ2) is 6.02. The molecule has 24 heavy (non-hydrogen) atoms. The van der Waals surface area contributed by atoms with Gasteiger partial charge in [-0.1, -0.05) is 66.7 Å². The molecular formula is C21H14O2S. The molecule has 0 N–H and O–H groups in total. The highest BCUT2D eigenvalue weighted by molar-refractivity contribution is 7.80. The molecule has 2 nitrogen and oxygen atoms in total. The highest BCUT2D eigenvalue weighted by Crippen LogP contribution is 2.29. The minimum absolute atomic E-state index is 0.109. The first-order valence-electron chi connectivity index (χ1n) is 7.65. The Hall–Kier alpha value is -2.78. The van der Waals surface area contributed by atoms with Gasteiger partial charge in [-0.05, 0) is 23.3 Å². The predicted molar refractivity (Wildman–Crippen MR) is 101 cm³/mol. The third-order valence-electron chi connectivity index (χ3n) is 4.03. The quantitative estimate of drug-likeness (QED) is 0.498. The van der Waals surface area contributed by atoms with Gasteiger partial charge in [-0.25, -0.2) is 0 Å². The van der Waals surface area contributed by atoms with E-state index in [1.54, 1.807) is 12.1 Å². The van der Waals surface area contributed by atoms with Crippen molar-refractivity contribution < 1.29 is 4.42 Å². The zero-order chi connectivity index (χ0) is 16.5. The van der Waals surface area contributed by atoms with E-state index >= 15 is 0 Å². The summed E-state index contributed by atoms with van der Waals surface area (Å²) in [6.07, 6.45) is 0. The van der Waals surface area contributed by atoms with Crippen molar-refractivity contribution in [2.24, 2.45) is 0 Å². The van der Waals surface area contributed by atoms with E-state index in [1.165, 1.54) is 0 Å². The first-order chi connectivity index (χ1) is 11.7. The Morgan fingerprint density at radius 2 is 1.25 bits per heavy atom. The summed E-state index contributed by atoms with van der Waals surface area (Å²) in [5, 5.41) is 0.548. The van der Waals surface area contributed by atoms with Crippen LogP contribution in [0.5, 0.6) is 0 Å². The van der Waals surface area contributed by atoms with Crippen molar-refractivity contribution in [3.8, 4) is 22.5 Å². The standard InChI is InChI=1S/C21H14O2S/c22-19-17-8-4-5-9-18(17)23-20(21(19)24)16-12-10-15(11-13-16)14-6-2-1-3-7-14/h1-13,24H. The smallest absolute Gasteiger partial charge is 0.206 e. The van der Waals surface area contributed by atoms with Crippen LogP contribution in [-0.4, -0.2) is 0 Å². The highest BCUT2D eigenvalue weighted by atomic mass is 32.1. The van der Waals surface area contributed by atoms with Crippen LogP contribution in [0.1, 0.15) is 0 Å². The van der Waals surface area contributed by atoms with E-state index in [2.05, 4.69) is 24.8 Å². The third kappa shape index (κ3) is 2.53. The van der Waals surface area contributed by atoms with E-state index in [4.69, 9.17) is 4.42 Å². The maximum atomic E-state index is 12.5. The van der Waals surface area contributed by atoms with Gasteiger partial charge in [-0.3, -0.25) is 4.79 Å². The molecule has 0 spiro atoms. The van der Waals surface area contributed by atoms with Crippen molar-refractivity contribution in [2.75, 3.05) is 0 Å². The number of hydrogen-bond acceptors (Lipinski definition) is 3. The first kappa shape index (κ1) is 14.8. The summed E-state index contributed by atoms with van der Waals surface area (Å²) in [5.74, 6) is 0.502. The number of hydrogen-bond donors (Lipinski definition) is 1. The lowest BCUT2D eigenvalue weighted by Gasteiger charge is -2.08. The minimum Gasteiger partial charge on any atom is -0.455 e. The Morgan fingerprint density at radius 3 is 2.00 bits per heavy atom. The molecule has 116 valence electrons. The van der Waals surface area contributed by atoms with Crippen molar-refractivity contribution >= 4 is 23.6 Å². The van der Waals surface area contributed by atoms with Crippen molar-refractivity contribution in [3.05, 3.63) is 89.1 Å². The lowest BCUT2D eigenvalue weighted by molar-refractivity contribution is 0.605. The lowest BCUT2D eigenvalue weighted by atomic mass is 10.0. The molecule has 0 aliphatic heterocycles. The van der Waals surface area contributed by atoms with Crippen LogP contribution >= 0.6 is 12.6 Å².